The number of fused-ring (bicyclic) bond motifs is 1. The van der Waals surface area contributed by atoms with Crippen LogP contribution in [0.1, 0.15) is 62.1 Å². The highest BCUT2D eigenvalue weighted by Crippen LogP contribution is 2.28. The topological polar surface area (TPSA) is 79.4 Å². The van der Waals surface area contributed by atoms with Gasteiger partial charge in [0.25, 0.3) is 0 Å². The summed E-state index contributed by atoms with van der Waals surface area (Å²) in [6, 6.07) is 9.86. The average Bonchev–Trinajstić information content (AvgIpc) is 3.11. The number of nitrogens with zero attached hydrogens (tertiary/aromatic N) is 3. The molecule has 2 aromatic rings. The van der Waals surface area contributed by atoms with Crippen molar-refractivity contribution in [3.63, 3.8) is 0 Å². The van der Waals surface area contributed by atoms with Gasteiger partial charge in [-0.05, 0) is 80.6 Å². The van der Waals surface area contributed by atoms with Crippen LogP contribution in [0.5, 0.6) is 5.75 Å². The van der Waals surface area contributed by atoms with E-state index in [-0.39, 0.29) is 44.0 Å². The third kappa shape index (κ3) is 8.77. The van der Waals surface area contributed by atoms with E-state index in [1.165, 1.54) is 22.5 Å². The minimum absolute atomic E-state index is 0. The Kier molecular flexibility index (Phi) is 14.3. The molecule has 8 nitrogen and oxygen atoms in total. The van der Waals surface area contributed by atoms with E-state index in [1.807, 2.05) is 20.8 Å². The summed E-state index contributed by atoms with van der Waals surface area (Å²) in [7, 11) is 3.30. The molecular weight excluding hydrogens is 526 g/mol. The van der Waals surface area contributed by atoms with Crippen LogP contribution in [-0.4, -0.2) is 89.5 Å². The van der Waals surface area contributed by atoms with Gasteiger partial charge in [-0.15, -0.1) is 0 Å². The van der Waals surface area contributed by atoms with Crippen molar-refractivity contribution in [3.05, 3.63) is 58.1 Å². The minimum atomic E-state index is -3.71. The van der Waals surface area contributed by atoms with Crippen LogP contribution < -0.4 is 4.74 Å². The van der Waals surface area contributed by atoms with Crippen LogP contribution in [0.3, 0.4) is 0 Å². The zero-order chi connectivity index (χ0) is 29.3. The fraction of sp³-hybridized carbons (Fsp3) is 0.581. The SMILES string of the molecule is C.CC.COc1cc(C)c(S(=O)(=O)N(C)CCOCC(=O)N(C)C(C)c2ccc3c(c2)CCN(C)CC3)c(C)c1. The number of aryl methyl sites for hydroxylation is 2. The van der Waals surface area contributed by atoms with Gasteiger partial charge in [-0.1, -0.05) is 39.5 Å². The van der Waals surface area contributed by atoms with Gasteiger partial charge < -0.3 is 19.3 Å². The first kappa shape index (κ1) is 35.6. The predicted molar refractivity (Wildman–Crippen MR) is 164 cm³/mol. The fourth-order valence-corrected chi connectivity index (χ4v) is 6.28. The van der Waals surface area contributed by atoms with Crippen molar-refractivity contribution < 1.29 is 22.7 Å². The first-order valence-corrected chi connectivity index (χ1v) is 15.1. The highest BCUT2D eigenvalue weighted by Gasteiger charge is 2.26. The second-order valence-corrected chi connectivity index (χ2v) is 12.0. The molecule has 3 rings (SSSR count). The Bertz CT molecular complexity index is 1190. The average molecular weight is 578 g/mol. The molecule has 1 aliphatic rings. The van der Waals surface area contributed by atoms with Gasteiger partial charge >= 0.3 is 0 Å². The number of rotatable bonds is 10. The van der Waals surface area contributed by atoms with Crippen LogP contribution in [0.25, 0.3) is 0 Å². The zero-order valence-corrected chi connectivity index (χ0v) is 26.0. The third-order valence-corrected chi connectivity index (χ3v) is 9.49. The molecular formula is C31H51N3O5S. The maximum Gasteiger partial charge on any atom is 0.248 e. The van der Waals surface area contributed by atoms with Crippen LogP contribution in [0.15, 0.2) is 35.2 Å². The second kappa shape index (κ2) is 16.1. The lowest BCUT2D eigenvalue weighted by Crippen LogP contribution is -2.35. The molecule has 0 fully saturated rings. The number of sulfonamides is 1. The van der Waals surface area contributed by atoms with Gasteiger partial charge in [0.15, 0.2) is 0 Å². The van der Waals surface area contributed by atoms with Gasteiger partial charge in [0.05, 0.1) is 24.7 Å². The number of hydrogen-bond donors (Lipinski definition) is 0. The van der Waals surface area contributed by atoms with Gasteiger partial charge in [0.1, 0.15) is 12.4 Å². The fourth-order valence-electron chi connectivity index (χ4n) is 4.72. The van der Waals surface area contributed by atoms with Crippen molar-refractivity contribution in [2.75, 3.05) is 61.1 Å². The van der Waals surface area contributed by atoms with Gasteiger partial charge in [0, 0.05) is 33.7 Å². The second-order valence-electron chi connectivity index (χ2n) is 9.98. The smallest absolute Gasteiger partial charge is 0.248 e. The van der Waals surface area contributed by atoms with E-state index < -0.39 is 10.0 Å². The van der Waals surface area contributed by atoms with Crippen LogP contribution in [0, 0.1) is 13.8 Å². The highest BCUT2D eigenvalue weighted by atomic mass is 32.2. The van der Waals surface area contributed by atoms with Crippen LogP contribution >= 0.6 is 0 Å². The molecule has 1 aliphatic heterocycles. The Morgan fingerprint density at radius 1 is 1.02 bits per heavy atom. The van der Waals surface area contributed by atoms with Crippen molar-refractivity contribution >= 4 is 15.9 Å². The van der Waals surface area contributed by atoms with Crippen LogP contribution in [0.4, 0.5) is 0 Å². The molecule has 40 heavy (non-hydrogen) atoms. The lowest BCUT2D eigenvalue weighted by Gasteiger charge is -2.26. The summed E-state index contributed by atoms with van der Waals surface area (Å²) in [4.78, 5) is 17.1. The van der Waals surface area contributed by atoms with Crippen molar-refractivity contribution in [3.8, 4) is 5.75 Å². The van der Waals surface area contributed by atoms with Crippen molar-refractivity contribution in [2.24, 2.45) is 0 Å². The Balaban J connectivity index is 0.00000261. The predicted octanol–water partition coefficient (Wildman–Crippen LogP) is 4.86. The van der Waals surface area contributed by atoms with Crippen LogP contribution in [0.2, 0.25) is 0 Å². The molecule has 1 unspecified atom stereocenters. The summed E-state index contributed by atoms with van der Waals surface area (Å²) in [5.41, 5.74) is 5.10. The number of methoxy groups -OCH3 is 1. The van der Waals surface area contributed by atoms with Gasteiger partial charge in [0.2, 0.25) is 15.9 Å². The van der Waals surface area contributed by atoms with E-state index in [1.54, 1.807) is 45.0 Å². The largest absolute Gasteiger partial charge is 0.497 e. The molecule has 9 heteroatoms. The third-order valence-electron chi connectivity index (χ3n) is 7.33. The summed E-state index contributed by atoms with van der Waals surface area (Å²) in [6.45, 7) is 11.8. The summed E-state index contributed by atoms with van der Waals surface area (Å²) in [5.74, 6) is 0.477. The lowest BCUT2D eigenvalue weighted by molar-refractivity contribution is -0.136. The number of likely N-dealkylation sites (N-methyl/N-ethyl adjacent to an activating group) is 3. The molecule has 0 aliphatic carbocycles. The Labute approximate surface area is 243 Å². The maximum absolute atomic E-state index is 13.1. The normalized spacial score (nSPS) is 14.2. The van der Waals surface area contributed by atoms with E-state index in [0.29, 0.717) is 16.9 Å². The number of carbonyl (C=O) groups is 1. The quantitative estimate of drug-likeness (QED) is 0.375. The molecule has 0 bridgehead atoms. The molecule has 1 heterocycles. The van der Waals surface area contributed by atoms with E-state index in [0.717, 1.165) is 31.5 Å². The standard InChI is InChI=1S/C28H41N3O5S.C2H6.CH4/c1-20-16-26(35-7)17-21(2)28(20)37(33,34)30(5)14-15-36-19-27(32)31(6)22(3)24-9-8-23-10-12-29(4)13-11-25(23)18-24;1-2;/h8-9,16-18,22H,10-15,19H2,1-7H3;1-2H3;1H4. The lowest BCUT2D eigenvalue weighted by atomic mass is 9.97. The number of amides is 1. The van der Waals surface area contributed by atoms with E-state index in [4.69, 9.17) is 9.47 Å². The Hall–Kier alpha value is -2.46. The molecule has 0 spiro atoms. The van der Waals surface area contributed by atoms with Crippen molar-refractivity contribution in [1.29, 1.82) is 0 Å². The molecule has 2 aromatic carbocycles. The van der Waals surface area contributed by atoms with Gasteiger partial charge in [-0.25, -0.2) is 8.42 Å². The van der Waals surface area contributed by atoms with Crippen LogP contribution in [-0.2, 0) is 32.4 Å². The molecule has 0 N–H and O–H groups in total. The van der Waals surface area contributed by atoms with E-state index in [9.17, 15) is 13.2 Å². The van der Waals surface area contributed by atoms with Gasteiger partial charge in [-0.3, -0.25) is 4.79 Å². The molecule has 1 atom stereocenters. The summed E-state index contributed by atoms with van der Waals surface area (Å²) in [6.07, 6.45) is 2.06. The molecule has 1 amide bonds. The molecule has 0 radical (unpaired) electrons. The summed E-state index contributed by atoms with van der Waals surface area (Å²) in [5, 5.41) is 0. The highest BCUT2D eigenvalue weighted by molar-refractivity contribution is 7.89. The molecule has 0 aromatic heterocycles. The molecule has 226 valence electrons. The molecule has 0 saturated carbocycles. The first-order valence-electron chi connectivity index (χ1n) is 13.7. The molecule has 0 saturated heterocycles. The van der Waals surface area contributed by atoms with E-state index >= 15 is 0 Å². The van der Waals surface area contributed by atoms with Gasteiger partial charge in [-0.2, -0.15) is 4.31 Å². The van der Waals surface area contributed by atoms with Crippen molar-refractivity contribution in [1.82, 2.24) is 14.1 Å². The minimum Gasteiger partial charge on any atom is -0.497 e. The Morgan fingerprint density at radius 3 is 2.17 bits per heavy atom. The van der Waals surface area contributed by atoms with Crippen molar-refractivity contribution in [2.45, 2.75) is 65.8 Å². The monoisotopic (exact) mass is 577 g/mol. The number of carbonyl (C=O) groups excluding carboxylic acids is 1. The number of benzene rings is 2. The summed E-state index contributed by atoms with van der Waals surface area (Å²) >= 11 is 0. The zero-order valence-electron chi connectivity index (χ0n) is 25.2. The maximum atomic E-state index is 13.1. The van der Waals surface area contributed by atoms with E-state index in [2.05, 4.69) is 30.1 Å². The number of ether oxygens (including phenoxy) is 2. The Morgan fingerprint density at radius 2 is 1.60 bits per heavy atom. The summed E-state index contributed by atoms with van der Waals surface area (Å²) < 4.78 is 38.4. The first-order chi connectivity index (χ1) is 18.4. The number of hydrogen-bond acceptors (Lipinski definition) is 6.